The summed E-state index contributed by atoms with van der Waals surface area (Å²) >= 11 is 1.47. The van der Waals surface area contributed by atoms with Gasteiger partial charge < -0.3 is 10.6 Å². The number of rotatable bonds is 7. The Hall–Kier alpha value is -2.79. The van der Waals surface area contributed by atoms with E-state index < -0.39 is 10.0 Å². The summed E-state index contributed by atoms with van der Waals surface area (Å²) < 4.78 is 24.8. The molecule has 2 N–H and O–H groups in total. The molecular formula is C24H30N6O2S2. The molecule has 10 heteroatoms. The van der Waals surface area contributed by atoms with Crippen molar-refractivity contribution in [3.05, 3.63) is 46.5 Å². The Morgan fingerprint density at radius 1 is 1.21 bits per heavy atom. The molecule has 0 spiro atoms. The monoisotopic (exact) mass is 498 g/mol. The average Bonchev–Trinajstić information content (AvgIpc) is 2.82. The lowest BCUT2D eigenvalue weighted by Crippen LogP contribution is -2.40. The summed E-state index contributed by atoms with van der Waals surface area (Å²) in [5, 5.41) is 20.4. The van der Waals surface area contributed by atoms with Crippen molar-refractivity contribution in [1.82, 2.24) is 4.98 Å². The van der Waals surface area contributed by atoms with Gasteiger partial charge in [-0.25, -0.2) is 13.4 Å². The van der Waals surface area contributed by atoms with E-state index in [0.29, 0.717) is 34.1 Å². The second-order valence-corrected chi connectivity index (χ2v) is 11.8. The van der Waals surface area contributed by atoms with Gasteiger partial charge in [-0.15, -0.1) is 0 Å². The van der Waals surface area contributed by atoms with Crippen molar-refractivity contribution < 1.29 is 8.42 Å². The Balaban J connectivity index is 1.96. The molecule has 0 unspecified atom stereocenters. The Labute approximate surface area is 206 Å². The van der Waals surface area contributed by atoms with E-state index in [2.05, 4.69) is 17.0 Å². The molecule has 1 saturated heterocycles. The van der Waals surface area contributed by atoms with Crippen LogP contribution in [0.15, 0.2) is 29.3 Å². The van der Waals surface area contributed by atoms with Gasteiger partial charge in [0.05, 0.1) is 23.1 Å². The molecule has 0 bridgehead atoms. The summed E-state index contributed by atoms with van der Waals surface area (Å²) in [6.07, 6.45) is 3.39. The van der Waals surface area contributed by atoms with E-state index in [0.717, 1.165) is 43.3 Å². The first kappa shape index (κ1) is 25.8. The average molecular weight is 499 g/mol. The van der Waals surface area contributed by atoms with Crippen LogP contribution in [0.3, 0.4) is 0 Å². The summed E-state index contributed by atoms with van der Waals surface area (Å²) in [6, 6.07) is 12.0. The standard InChI is InChI=1S/C24H30N6O2S2/c1-5-20-21(14-25)23(30-12-10-18(27)11-13-30)28-24(22(20)15-26)33-16(2)17-6-8-19(9-7-17)29(3)34(4,31)32/h6-9,16,18H,5,10-13,27H2,1-4H3/t16-/m1/s1. The van der Waals surface area contributed by atoms with E-state index in [1.54, 1.807) is 12.1 Å². The van der Waals surface area contributed by atoms with Gasteiger partial charge >= 0.3 is 0 Å². The predicted octanol–water partition coefficient (Wildman–Crippen LogP) is 3.56. The molecule has 3 rings (SSSR count). The normalized spacial score (nSPS) is 15.4. The van der Waals surface area contributed by atoms with E-state index in [1.165, 1.54) is 23.1 Å². The van der Waals surface area contributed by atoms with Crippen LogP contribution in [0.1, 0.15) is 54.2 Å². The molecule has 34 heavy (non-hydrogen) atoms. The third kappa shape index (κ3) is 5.47. The van der Waals surface area contributed by atoms with E-state index >= 15 is 0 Å². The Morgan fingerprint density at radius 3 is 2.29 bits per heavy atom. The topological polar surface area (TPSA) is 127 Å². The van der Waals surface area contributed by atoms with Gasteiger partial charge in [0.15, 0.2) is 0 Å². The third-order valence-corrected chi connectivity index (χ3v) is 8.53. The van der Waals surface area contributed by atoms with Crippen LogP contribution in [0.4, 0.5) is 11.5 Å². The van der Waals surface area contributed by atoms with Gasteiger partial charge in [0, 0.05) is 31.4 Å². The first-order valence-corrected chi connectivity index (χ1v) is 13.9. The van der Waals surface area contributed by atoms with E-state index in [-0.39, 0.29) is 11.3 Å². The van der Waals surface area contributed by atoms with Crippen LogP contribution in [0.5, 0.6) is 0 Å². The van der Waals surface area contributed by atoms with Crippen LogP contribution in [0.2, 0.25) is 0 Å². The molecule has 0 aliphatic carbocycles. The lowest BCUT2D eigenvalue weighted by molar-refractivity contribution is 0.497. The molecule has 1 aromatic carbocycles. The minimum Gasteiger partial charge on any atom is -0.355 e. The fourth-order valence-corrected chi connectivity index (χ4v) is 5.55. The largest absolute Gasteiger partial charge is 0.355 e. The lowest BCUT2D eigenvalue weighted by atomic mass is 10.00. The molecular weight excluding hydrogens is 468 g/mol. The van der Waals surface area contributed by atoms with Crippen molar-refractivity contribution >= 4 is 33.3 Å². The molecule has 0 saturated carbocycles. The molecule has 0 radical (unpaired) electrons. The molecule has 180 valence electrons. The molecule has 1 aliphatic rings. The van der Waals surface area contributed by atoms with Crippen LogP contribution in [0, 0.1) is 22.7 Å². The number of hydrogen-bond donors (Lipinski definition) is 1. The number of anilines is 2. The highest BCUT2D eigenvalue weighted by Gasteiger charge is 2.26. The SMILES string of the molecule is CCc1c(C#N)c(S[C@H](C)c2ccc(N(C)S(C)(=O)=O)cc2)nc(N2CCC(N)CC2)c1C#N. The number of aromatic nitrogens is 1. The zero-order valence-electron chi connectivity index (χ0n) is 19.9. The second-order valence-electron chi connectivity index (χ2n) is 8.45. The third-order valence-electron chi connectivity index (χ3n) is 6.18. The second kappa shape index (κ2) is 10.6. The summed E-state index contributed by atoms with van der Waals surface area (Å²) in [5.41, 5.74) is 9.27. The summed E-state index contributed by atoms with van der Waals surface area (Å²) in [4.78, 5) is 6.93. The number of thioether (sulfide) groups is 1. The fourth-order valence-electron chi connectivity index (χ4n) is 3.99. The number of sulfonamides is 1. The molecule has 0 amide bonds. The molecule has 8 nitrogen and oxygen atoms in total. The maximum absolute atomic E-state index is 11.8. The molecule has 1 atom stereocenters. The van der Waals surface area contributed by atoms with E-state index in [1.807, 2.05) is 26.0 Å². The highest BCUT2D eigenvalue weighted by atomic mass is 32.2. The smallest absolute Gasteiger partial charge is 0.231 e. The summed E-state index contributed by atoms with van der Waals surface area (Å²) in [6.45, 7) is 5.42. The van der Waals surface area contributed by atoms with Gasteiger partial charge in [0.25, 0.3) is 0 Å². The van der Waals surface area contributed by atoms with Crippen LogP contribution in [0.25, 0.3) is 0 Å². The summed E-state index contributed by atoms with van der Waals surface area (Å²) in [5.74, 6) is 0.630. The van der Waals surface area contributed by atoms with Crippen molar-refractivity contribution in [2.75, 3.05) is 35.6 Å². The van der Waals surface area contributed by atoms with Crippen molar-refractivity contribution in [2.24, 2.45) is 5.73 Å². The Kier molecular flexibility index (Phi) is 8.09. The molecule has 1 fully saturated rings. The molecule has 1 aliphatic heterocycles. The van der Waals surface area contributed by atoms with Crippen LogP contribution in [-0.2, 0) is 16.4 Å². The van der Waals surface area contributed by atoms with E-state index in [9.17, 15) is 18.9 Å². The lowest BCUT2D eigenvalue weighted by Gasteiger charge is -2.32. The quantitative estimate of drug-likeness (QED) is 0.574. The Bertz CT molecular complexity index is 1220. The van der Waals surface area contributed by atoms with E-state index in [4.69, 9.17) is 10.7 Å². The van der Waals surface area contributed by atoms with Gasteiger partial charge in [0.1, 0.15) is 23.0 Å². The van der Waals surface area contributed by atoms with Crippen LogP contribution in [-0.4, -0.2) is 45.8 Å². The van der Waals surface area contributed by atoms with Crippen LogP contribution >= 0.6 is 11.8 Å². The van der Waals surface area contributed by atoms with Crippen molar-refractivity contribution in [3.8, 4) is 12.1 Å². The van der Waals surface area contributed by atoms with Gasteiger partial charge in [-0.05, 0) is 49.4 Å². The van der Waals surface area contributed by atoms with Gasteiger partial charge in [-0.3, -0.25) is 4.31 Å². The highest BCUT2D eigenvalue weighted by Crippen LogP contribution is 2.40. The predicted molar refractivity (Wildman–Crippen MR) is 136 cm³/mol. The molecule has 1 aromatic heterocycles. The number of piperidine rings is 1. The van der Waals surface area contributed by atoms with Crippen molar-refractivity contribution in [1.29, 1.82) is 10.5 Å². The van der Waals surface area contributed by atoms with Crippen molar-refractivity contribution in [2.45, 2.75) is 49.4 Å². The first-order chi connectivity index (χ1) is 16.1. The number of hydrogen-bond acceptors (Lipinski definition) is 8. The van der Waals surface area contributed by atoms with Gasteiger partial charge in [-0.2, -0.15) is 10.5 Å². The number of nitriles is 2. The zero-order chi connectivity index (χ0) is 25.0. The molecule has 2 aromatic rings. The fraction of sp³-hybridized carbons (Fsp3) is 0.458. The van der Waals surface area contributed by atoms with Gasteiger partial charge in [0.2, 0.25) is 10.0 Å². The number of benzene rings is 1. The Morgan fingerprint density at radius 2 is 1.79 bits per heavy atom. The maximum Gasteiger partial charge on any atom is 0.231 e. The zero-order valence-corrected chi connectivity index (χ0v) is 21.6. The number of nitrogens with zero attached hydrogens (tertiary/aromatic N) is 5. The maximum atomic E-state index is 11.8. The highest BCUT2D eigenvalue weighted by molar-refractivity contribution is 7.99. The van der Waals surface area contributed by atoms with Gasteiger partial charge in [-0.1, -0.05) is 30.8 Å². The van der Waals surface area contributed by atoms with Crippen LogP contribution < -0.4 is 14.9 Å². The summed E-state index contributed by atoms with van der Waals surface area (Å²) in [7, 11) is -1.82. The minimum absolute atomic E-state index is 0.0440. The number of pyridine rings is 1. The van der Waals surface area contributed by atoms with Crippen molar-refractivity contribution in [3.63, 3.8) is 0 Å². The number of nitrogens with two attached hydrogens (primary N) is 1. The minimum atomic E-state index is -3.34. The molecule has 2 heterocycles. The first-order valence-electron chi connectivity index (χ1n) is 11.2.